The summed E-state index contributed by atoms with van der Waals surface area (Å²) in [5.74, 6) is -0.874. The first-order valence-corrected chi connectivity index (χ1v) is 6.22. The molecule has 1 aliphatic rings. The molecule has 0 aromatic heterocycles. The second kappa shape index (κ2) is 6.02. The molecule has 0 N–H and O–H groups in total. The summed E-state index contributed by atoms with van der Waals surface area (Å²) in [5.41, 5.74) is 9.33. The minimum absolute atomic E-state index is 0.426. The Kier molecular flexibility index (Phi) is 4.15. The summed E-state index contributed by atoms with van der Waals surface area (Å²) in [6.07, 6.45) is 2.44. The minimum atomic E-state index is -0.448. The molecule has 1 aromatic rings. The first-order chi connectivity index (χ1) is 9.25. The van der Waals surface area contributed by atoms with Crippen LogP contribution in [0.2, 0.25) is 0 Å². The zero-order valence-corrected chi connectivity index (χ0v) is 10.5. The van der Waals surface area contributed by atoms with Gasteiger partial charge in [-0.2, -0.15) is 0 Å². The summed E-state index contributed by atoms with van der Waals surface area (Å²) >= 11 is 0. The predicted molar refractivity (Wildman–Crippen MR) is 71.0 cm³/mol. The molecule has 0 fully saturated rings. The van der Waals surface area contributed by atoms with Gasteiger partial charge in [0.2, 0.25) is 0 Å². The molecule has 6 heteroatoms. The molecule has 0 atom stereocenters. The van der Waals surface area contributed by atoms with Gasteiger partial charge in [-0.25, -0.2) is 0 Å². The zero-order chi connectivity index (χ0) is 13.7. The van der Waals surface area contributed by atoms with Crippen molar-refractivity contribution in [1.29, 1.82) is 0 Å². The third-order valence-corrected chi connectivity index (χ3v) is 3.08. The number of Topliss-reactive ketones (excluding diaryl/α,β-unsaturated/α-hetero) is 1. The van der Waals surface area contributed by atoms with Crippen molar-refractivity contribution in [3.05, 3.63) is 40.3 Å². The predicted octanol–water partition coefficient (Wildman–Crippen LogP) is 2.70. The highest BCUT2D eigenvalue weighted by Gasteiger charge is 2.34. The van der Waals surface area contributed by atoms with E-state index in [1.807, 2.05) is 6.07 Å². The fourth-order valence-corrected chi connectivity index (χ4v) is 2.14. The number of unbranched alkanes of at least 4 members (excludes halogenated alkanes) is 2. The largest absolute Gasteiger partial charge is 0.305 e. The number of amides is 1. The summed E-state index contributed by atoms with van der Waals surface area (Å²) in [5, 5.41) is 3.45. The van der Waals surface area contributed by atoms with Gasteiger partial charge in [0.1, 0.15) is 0 Å². The topological polar surface area (TPSA) is 86.1 Å². The van der Waals surface area contributed by atoms with Gasteiger partial charge in [-0.1, -0.05) is 23.7 Å². The van der Waals surface area contributed by atoms with Crippen molar-refractivity contribution in [2.24, 2.45) is 5.11 Å². The minimum Gasteiger partial charge on any atom is -0.305 e. The molecule has 0 saturated heterocycles. The number of rotatable bonds is 6. The first-order valence-electron chi connectivity index (χ1n) is 6.22. The number of hydrogen-bond acceptors (Lipinski definition) is 3. The summed E-state index contributed by atoms with van der Waals surface area (Å²) in [6, 6.07) is 7.04. The van der Waals surface area contributed by atoms with Crippen molar-refractivity contribution in [3.8, 4) is 0 Å². The van der Waals surface area contributed by atoms with Crippen LogP contribution in [-0.4, -0.2) is 24.8 Å². The van der Waals surface area contributed by atoms with E-state index in [4.69, 9.17) is 5.53 Å². The number of carbonyl (C=O) groups excluding carboxylic acids is 2. The molecule has 6 nitrogen and oxygen atoms in total. The highest BCUT2D eigenvalue weighted by Crippen LogP contribution is 2.28. The normalized spacial score (nSPS) is 13.4. The van der Waals surface area contributed by atoms with Crippen LogP contribution >= 0.6 is 0 Å². The van der Waals surface area contributed by atoms with Crippen LogP contribution in [0, 0.1) is 0 Å². The quantitative estimate of drug-likeness (QED) is 0.258. The Morgan fingerprint density at radius 3 is 2.74 bits per heavy atom. The molecule has 1 aliphatic heterocycles. The van der Waals surface area contributed by atoms with Crippen LogP contribution in [-0.2, 0) is 4.79 Å². The number of hydrogen-bond donors (Lipinski definition) is 0. The monoisotopic (exact) mass is 258 g/mol. The molecule has 98 valence electrons. The van der Waals surface area contributed by atoms with Gasteiger partial charge >= 0.3 is 0 Å². The average Bonchev–Trinajstić information content (AvgIpc) is 2.68. The molecule has 19 heavy (non-hydrogen) atoms. The van der Waals surface area contributed by atoms with Gasteiger partial charge in [-0.05, 0) is 30.5 Å². The number of para-hydroxylation sites is 1. The van der Waals surface area contributed by atoms with Crippen LogP contribution in [0.3, 0.4) is 0 Å². The highest BCUT2D eigenvalue weighted by molar-refractivity contribution is 6.52. The Bertz CT molecular complexity index is 549. The van der Waals surface area contributed by atoms with E-state index in [-0.39, 0.29) is 0 Å². The maximum absolute atomic E-state index is 11.8. The van der Waals surface area contributed by atoms with Crippen molar-refractivity contribution in [1.82, 2.24) is 0 Å². The van der Waals surface area contributed by atoms with Gasteiger partial charge in [0.25, 0.3) is 11.7 Å². The van der Waals surface area contributed by atoms with E-state index < -0.39 is 11.7 Å². The Morgan fingerprint density at radius 2 is 1.95 bits per heavy atom. The molecule has 0 spiro atoms. The van der Waals surface area contributed by atoms with E-state index in [1.54, 1.807) is 18.2 Å². The van der Waals surface area contributed by atoms with E-state index in [0.717, 1.165) is 19.3 Å². The maximum Gasteiger partial charge on any atom is 0.299 e. The fourth-order valence-electron chi connectivity index (χ4n) is 2.14. The van der Waals surface area contributed by atoms with E-state index in [2.05, 4.69) is 10.0 Å². The summed E-state index contributed by atoms with van der Waals surface area (Å²) < 4.78 is 0. The lowest BCUT2D eigenvalue weighted by Crippen LogP contribution is -2.30. The zero-order valence-electron chi connectivity index (χ0n) is 10.5. The number of ketones is 1. The molecule has 1 heterocycles. The molecule has 1 aromatic carbocycles. The van der Waals surface area contributed by atoms with Crippen molar-refractivity contribution in [3.63, 3.8) is 0 Å². The van der Waals surface area contributed by atoms with E-state index >= 15 is 0 Å². The molecule has 1 amide bonds. The van der Waals surface area contributed by atoms with Gasteiger partial charge in [-0.15, -0.1) is 0 Å². The number of nitrogens with zero attached hydrogens (tertiary/aromatic N) is 4. The number of azide groups is 1. The summed E-state index contributed by atoms with van der Waals surface area (Å²) in [4.78, 5) is 27.8. The Balaban J connectivity index is 1.92. The van der Waals surface area contributed by atoms with Crippen LogP contribution in [0.4, 0.5) is 5.69 Å². The molecule has 0 saturated carbocycles. The fraction of sp³-hybridized carbons (Fsp3) is 0.385. The first kappa shape index (κ1) is 13.1. The Hall–Kier alpha value is -2.33. The molecular formula is C13H14N4O2. The average molecular weight is 258 g/mol. The van der Waals surface area contributed by atoms with E-state index in [1.165, 1.54) is 4.90 Å². The summed E-state index contributed by atoms with van der Waals surface area (Å²) in [7, 11) is 0. The standard InChI is InChI=1S/C13H14N4O2/c14-16-15-8-4-1-5-9-17-11-7-3-2-6-10(11)12(18)13(17)19/h2-3,6-7H,1,4-5,8-9H2. The van der Waals surface area contributed by atoms with Crippen LogP contribution in [0.5, 0.6) is 0 Å². The number of fused-ring (bicyclic) bond motifs is 1. The highest BCUT2D eigenvalue weighted by atomic mass is 16.2. The van der Waals surface area contributed by atoms with Gasteiger partial charge in [0.15, 0.2) is 0 Å². The Morgan fingerprint density at radius 1 is 1.16 bits per heavy atom. The molecular weight excluding hydrogens is 244 g/mol. The molecule has 2 rings (SSSR count). The van der Waals surface area contributed by atoms with Crippen molar-refractivity contribution >= 4 is 17.4 Å². The Labute approximate surface area is 110 Å². The molecule has 0 aliphatic carbocycles. The van der Waals surface area contributed by atoms with Gasteiger partial charge in [0.05, 0.1) is 11.3 Å². The smallest absolute Gasteiger partial charge is 0.299 e. The second-order valence-electron chi connectivity index (χ2n) is 4.32. The van der Waals surface area contributed by atoms with Crippen LogP contribution < -0.4 is 4.90 Å². The van der Waals surface area contributed by atoms with Gasteiger partial charge in [0, 0.05) is 18.0 Å². The third kappa shape index (κ3) is 2.74. The lowest BCUT2D eigenvalue weighted by atomic mass is 10.1. The molecule has 0 unspecified atom stereocenters. The van der Waals surface area contributed by atoms with Gasteiger partial charge in [-0.3, -0.25) is 9.59 Å². The van der Waals surface area contributed by atoms with E-state index in [9.17, 15) is 9.59 Å². The van der Waals surface area contributed by atoms with E-state index in [0.29, 0.717) is 24.3 Å². The van der Waals surface area contributed by atoms with Crippen molar-refractivity contribution in [2.45, 2.75) is 19.3 Å². The molecule has 0 radical (unpaired) electrons. The number of carbonyl (C=O) groups is 2. The lowest BCUT2D eigenvalue weighted by molar-refractivity contribution is -0.114. The van der Waals surface area contributed by atoms with Crippen molar-refractivity contribution in [2.75, 3.05) is 18.0 Å². The molecule has 0 bridgehead atoms. The second-order valence-corrected chi connectivity index (χ2v) is 4.32. The summed E-state index contributed by atoms with van der Waals surface area (Å²) in [6.45, 7) is 0.998. The van der Waals surface area contributed by atoms with Gasteiger partial charge < -0.3 is 4.90 Å². The SMILES string of the molecule is [N-]=[N+]=NCCCCCN1C(=O)C(=O)c2ccccc21. The number of benzene rings is 1. The van der Waals surface area contributed by atoms with Crippen LogP contribution in [0.1, 0.15) is 29.6 Å². The lowest BCUT2D eigenvalue weighted by Gasteiger charge is -2.15. The maximum atomic E-state index is 11.8. The number of anilines is 1. The van der Waals surface area contributed by atoms with Crippen LogP contribution in [0.25, 0.3) is 10.4 Å². The third-order valence-electron chi connectivity index (χ3n) is 3.08. The van der Waals surface area contributed by atoms with Crippen LogP contribution in [0.15, 0.2) is 29.4 Å². The van der Waals surface area contributed by atoms with Crippen molar-refractivity contribution < 1.29 is 9.59 Å².